The highest BCUT2D eigenvalue weighted by atomic mass is 19.1. The van der Waals surface area contributed by atoms with Gasteiger partial charge in [-0.05, 0) is 36.8 Å². The van der Waals surface area contributed by atoms with Gasteiger partial charge in [0.1, 0.15) is 11.9 Å². The fraction of sp³-hybridized carbons (Fsp3) is 0.579. The summed E-state index contributed by atoms with van der Waals surface area (Å²) in [6.45, 7) is 5.93. The number of amides is 2. The van der Waals surface area contributed by atoms with Gasteiger partial charge in [-0.1, -0.05) is 45.7 Å². The Hall–Kier alpha value is -1.91. The van der Waals surface area contributed by atoms with Crippen molar-refractivity contribution in [2.24, 2.45) is 11.8 Å². The van der Waals surface area contributed by atoms with Crippen molar-refractivity contribution in [3.63, 3.8) is 0 Å². The Bertz CT molecular complexity index is 588. The maximum absolute atomic E-state index is 13.7. The van der Waals surface area contributed by atoms with Crippen LogP contribution in [0.1, 0.15) is 56.8 Å². The largest absolute Gasteiger partial charge is 0.352 e. The Morgan fingerprint density at radius 2 is 1.92 bits per heavy atom. The highest BCUT2D eigenvalue weighted by molar-refractivity contribution is 5.97. The van der Waals surface area contributed by atoms with E-state index in [4.69, 9.17) is 0 Å². The highest BCUT2D eigenvalue weighted by Crippen LogP contribution is 2.23. The summed E-state index contributed by atoms with van der Waals surface area (Å²) in [7, 11) is 0. The molecule has 1 aromatic rings. The number of rotatable bonds is 5. The zero-order chi connectivity index (χ0) is 17.7. The van der Waals surface area contributed by atoms with E-state index in [9.17, 15) is 14.0 Å². The lowest BCUT2D eigenvalue weighted by molar-refractivity contribution is -0.125. The summed E-state index contributed by atoms with van der Waals surface area (Å²) in [6, 6.07) is 5.28. The minimum Gasteiger partial charge on any atom is -0.352 e. The molecule has 1 aliphatic carbocycles. The monoisotopic (exact) mass is 334 g/mol. The quantitative estimate of drug-likeness (QED) is 0.868. The summed E-state index contributed by atoms with van der Waals surface area (Å²) in [5.41, 5.74) is -0.0396. The first-order valence-electron chi connectivity index (χ1n) is 8.74. The van der Waals surface area contributed by atoms with Gasteiger partial charge in [0.2, 0.25) is 5.91 Å². The van der Waals surface area contributed by atoms with Gasteiger partial charge in [0.25, 0.3) is 5.91 Å². The fourth-order valence-electron chi connectivity index (χ4n) is 3.26. The van der Waals surface area contributed by atoms with Crippen LogP contribution >= 0.6 is 0 Å². The van der Waals surface area contributed by atoms with Crippen LogP contribution in [-0.4, -0.2) is 23.9 Å². The fourth-order valence-corrected chi connectivity index (χ4v) is 3.26. The predicted octanol–water partition coefficient (Wildman–Crippen LogP) is 3.28. The predicted molar refractivity (Wildman–Crippen MR) is 92.1 cm³/mol. The first-order valence-corrected chi connectivity index (χ1v) is 8.74. The van der Waals surface area contributed by atoms with Crippen LogP contribution in [0.4, 0.5) is 4.39 Å². The van der Waals surface area contributed by atoms with Gasteiger partial charge in [0.15, 0.2) is 0 Å². The summed E-state index contributed by atoms with van der Waals surface area (Å²) >= 11 is 0. The van der Waals surface area contributed by atoms with Crippen molar-refractivity contribution in [3.05, 3.63) is 35.6 Å². The third kappa shape index (κ3) is 4.79. The van der Waals surface area contributed by atoms with Crippen LogP contribution in [0.2, 0.25) is 0 Å². The average Bonchev–Trinajstić information content (AvgIpc) is 2.52. The van der Waals surface area contributed by atoms with Crippen molar-refractivity contribution < 1.29 is 14.0 Å². The smallest absolute Gasteiger partial charge is 0.254 e. The molecule has 3 unspecified atom stereocenters. The molecule has 3 atom stereocenters. The third-order valence-corrected chi connectivity index (χ3v) is 4.64. The number of hydrogen-bond acceptors (Lipinski definition) is 2. The van der Waals surface area contributed by atoms with Gasteiger partial charge >= 0.3 is 0 Å². The zero-order valence-electron chi connectivity index (χ0n) is 14.6. The van der Waals surface area contributed by atoms with Crippen LogP contribution in [0.3, 0.4) is 0 Å². The van der Waals surface area contributed by atoms with Crippen molar-refractivity contribution in [1.82, 2.24) is 10.6 Å². The summed E-state index contributed by atoms with van der Waals surface area (Å²) in [5, 5.41) is 5.74. The van der Waals surface area contributed by atoms with E-state index in [2.05, 4.69) is 17.6 Å². The topological polar surface area (TPSA) is 58.2 Å². The normalized spacial score (nSPS) is 22.0. The Morgan fingerprint density at radius 3 is 2.54 bits per heavy atom. The van der Waals surface area contributed by atoms with Crippen molar-refractivity contribution in [1.29, 1.82) is 0 Å². The van der Waals surface area contributed by atoms with E-state index >= 15 is 0 Å². The van der Waals surface area contributed by atoms with Gasteiger partial charge in [-0.15, -0.1) is 0 Å². The summed E-state index contributed by atoms with van der Waals surface area (Å²) in [4.78, 5) is 24.9. The van der Waals surface area contributed by atoms with E-state index < -0.39 is 17.8 Å². The van der Waals surface area contributed by atoms with E-state index in [0.29, 0.717) is 5.92 Å². The lowest BCUT2D eigenvalue weighted by Crippen LogP contribution is -2.52. The summed E-state index contributed by atoms with van der Waals surface area (Å²) < 4.78 is 13.7. The lowest BCUT2D eigenvalue weighted by Gasteiger charge is -2.30. The number of halogens is 1. The standard InChI is InChI=1S/C19H27FN2O2/c1-12(2)17(19(24)21-14-8-6-7-13(3)11-14)22-18(23)15-9-4-5-10-16(15)20/h4-5,9-10,12-14,17H,6-8,11H2,1-3H3,(H,21,24)(H,22,23). The Balaban J connectivity index is 2.02. The molecule has 0 radical (unpaired) electrons. The van der Waals surface area contributed by atoms with E-state index in [0.717, 1.165) is 19.3 Å². The molecule has 0 aromatic heterocycles. The minimum atomic E-state index is -0.672. The maximum Gasteiger partial charge on any atom is 0.254 e. The molecular weight excluding hydrogens is 307 g/mol. The lowest BCUT2D eigenvalue weighted by atomic mass is 9.87. The molecule has 4 nitrogen and oxygen atoms in total. The molecule has 2 N–H and O–H groups in total. The number of nitrogens with one attached hydrogen (secondary N) is 2. The molecule has 0 heterocycles. The molecule has 0 saturated heterocycles. The van der Waals surface area contributed by atoms with E-state index in [1.165, 1.54) is 24.6 Å². The number of carbonyl (C=O) groups is 2. The molecule has 0 aliphatic heterocycles. The molecule has 1 aromatic carbocycles. The van der Waals surface area contributed by atoms with E-state index in [1.807, 2.05) is 13.8 Å². The second-order valence-corrected chi connectivity index (χ2v) is 7.15. The van der Waals surface area contributed by atoms with Crippen LogP contribution in [-0.2, 0) is 4.79 Å². The molecule has 1 saturated carbocycles. The van der Waals surface area contributed by atoms with Crippen LogP contribution in [0.5, 0.6) is 0 Å². The van der Waals surface area contributed by atoms with Gasteiger partial charge in [-0.25, -0.2) is 4.39 Å². The molecule has 0 spiro atoms. The SMILES string of the molecule is CC1CCCC(NC(=O)C(NC(=O)c2ccccc2F)C(C)C)C1. The summed E-state index contributed by atoms with van der Waals surface area (Å²) in [5.74, 6) is -0.803. The zero-order valence-corrected chi connectivity index (χ0v) is 14.6. The molecule has 2 amide bonds. The third-order valence-electron chi connectivity index (χ3n) is 4.64. The van der Waals surface area contributed by atoms with Crippen LogP contribution in [0.25, 0.3) is 0 Å². The van der Waals surface area contributed by atoms with Gasteiger partial charge in [0, 0.05) is 6.04 Å². The Kier molecular flexibility index (Phi) is 6.35. The number of carbonyl (C=O) groups excluding carboxylic acids is 2. The maximum atomic E-state index is 13.7. The Labute approximate surface area is 143 Å². The van der Waals surface area contributed by atoms with Crippen LogP contribution < -0.4 is 10.6 Å². The Morgan fingerprint density at radius 1 is 1.21 bits per heavy atom. The van der Waals surface area contributed by atoms with Gasteiger partial charge in [-0.2, -0.15) is 0 Å². The molecule has 0 bridgehead atoms. The van der Waals surface area contributed by atoms with Crippen molar-refractivity contribution in [2.75, 3.05) is 0 Å². The molecule has 5 heteroatoms. The molecule has 24 heavy (non-hydrogen) atoms. The number of hydrogen-bond donors (Lipinski definition) is 2. The molecule has 1 fully saturated rings. The van der Waals surface area contributed by atoms with E-state index in [1.54, 1.807) is 6.07 Å². The van der Waals surface area contributed by atoms with Crippen molar-refractivity contribution >= 4 is 11.8 Å². The van der Waals surface area contributed by atoms with Crippen molar-refractivity contribution in [3.8, 4) is 0 Å². The molecular formula is C19H27FN2O2. The van der Waals surface area contributed by atoms with Gasteiger partial charge < -0.3 is 10.6 Å². The molecule has 1 aliphatic rings. The van der Waals surface area contributed by atoms with Crippen LogP contribution in [0, 0.1) is 17.7 Å². The average molecular weight is 334 g/mol. The first kappa shape index (κ1) is 18.4. The van der Waals surface area contributed by atoms with Crippen molar-refractivity contribution in [2.45, 2.75) is 58.5 Å². The van der Waals surface area contributed by atoms with Gasteiger partial charge in [-0.3, -0.25) is 9.59 Å². The second-order valence-electron chi connectivity index (χ2n) is 7.15. The second kappa shape index (κ2) is 8.27. The van der Waals surface area contributed by atoms with Gasteiger partial charge in [0.05, 0.1) is 5.56 Å². The van der Waals surface area contributed by atoms with E-state index in [-0.39, 0.29) is 23.4 Å². The highest BCUT2D eigenvalue weighted by Gasteiger charge is 2.28. The number of benzene rings is 1. The molecule has 2 rings (SSSR count). The minimum absolute atomic E-state index is 0.0396. The van der Waals surface area contributed by atoms with Crippen LogP contribution in [0.15, 0.2) is 24.3 Å². The molecule has 132 valence electrons. The summed E-state index contributed by atoms with van der Waals surface area (Å²) in [6.07, 6.45) is 4.25. The first-order chi connectivity index (χ1) is 11.4.